The summed E-state index contributed by atoms with van der Waals surface area (Å²) in [5.41, 5.74) is 1.67. The molecule has 2 rings (SSSR count). The van der Waals surface area contributed by atoms with Crippen molar-refractivity contribution >= 4 is 11.6 Å². The van der Waals surface area contributed by atoms with Crippen molar-refractivity contribution in [3.8, 4) is 11.3 Å². The van der Waals surface area contributed by atoms with Crippen molar-refractivity contribution in [2.24, 2.45) is 0 Å². The van der Waals surface area contributed by atoms with Crippen molar-refractivity contribution < 1.29 is 4.74 Å². The first-order valence-corrected chi connectivity index (χ1v) is 6.51. The Morgan fingerprint density at radius 1 is 1.26 bits per heavy atom. The Kier molecular flexibility index (Phi) is 4.17. The molecule has 0 aliphatic carbocycles. The van der Waals surface area contributed by atoms with E-state index in [0.29, 0.717) is 17.0 Å². The minimum atomic E-state index is -0.197. The lowest BCUT2D eigenvalue weighted by molar-refractivity contribution is 0.112. The SMILES string of the molecule is COC(C)c1nc(Cl)cc(-c2cnn(C(C)C)c2)n1. The van der Waals surface area contributed by atoms with Gasteiger partial charge >= 0.3 is 0 Å². The number of halogens is 1. The molecule has 0 spiro atoms. The van der Waals surface area contributed by atoms with Crippen LogP contribution in [0.4, 0.5) is 0 Å². The average Bonchev–Trinajstić information content (AvgIpc) is 2.86. The van der Waals surface area contributed by atoms with Crippen LogP contribution in [0.5, 0.6) is 0 Å². The van der Waals surface area contributed by atoms with E-state index in [1.165, 1.54) is 0 Å². The van der Waals surface area contributed by atoms with Gasteiger partial charge in [0.15, 0.2) is 5.82 Å². The molecule has 2 aromatic rings. The van der Waals surface area contributed by atoms with Gasteiger partial charge in [0.1, 0.15) is 11.3 Å². The van der Waals surface area contributed by atoms with Gasteiger partial charge in [0.05, 0.1) is 11.9 Å². The molecule has 0 aromatic carbocycles. The van der Waals surface area contributed by atoms with Crippen LogP contribution in [0.1, 0.15) is 38.7 Å². The second-order valence-electron chi connectivity index (χ2n) is 4.61. The van der Waals surface area contributed by atoms with E-state index >= 15 is 0 Å². The van der Waals surface area contributed by atoms with Crippen molar-refractivity contribution in [1.82, 2.24) is 19.7 Å². The van der Waals surface area contributed by atoms with Crippen molar-refractivity contribution in [3.05, 3.63) is 29.4 Å². The zero-order valence-electron chi connectivity index (χ0n) is 11.5. The van der Waals surface area contributed by atoms with E-state index in [1.54, 1.807) is 19.4 Å². The van der Waals surface area contributed by atoms with Crippen molar-refractivity contribution in [1.29, 1.82) is 0 Å². The van der Waals surface area contributed by atoms with E-state index in [1.807, 2.05) is 17.8 Å². The third-order valence-corrected chi connectivity index (χ3v) is 3.05. The number of hydrogen-bond acceptors (Lipinski definition) is 4. The van der Waals surface area contributed by atoms with Crippen LogP contribution in [-0.2, 0) is 4.74 Å². The number of rotatable bonds is 4. The Morgan fingerprint density at radius 3 is 2.58 bits per heavy atom. The molecule has 0 aliphatic heterocycles. The summed E-state index contributed by atoms with van der Waals surface area (Å²) in [5.74, 6) is 0.572. The molecule has 0 radical (unpaired) electrons. The second kappa shape index (κ2) is 5.67. The van der Waals surface area contributed by atoms with E-state index in [-0.39, 0.29) is 6.10 Å². The molecule has 2 aromatic heterocycles. The van der Waals surface area contributed by atoms with Gasteiger partial charge in [-0.3, -0.25) is 4.68 Å². The van der Waals surface area contributed by atoms with Gasteiger partial charge in [0, 0.05) is 31.0 Å². The van der Waals surface area contributed by atoms with Crippen molar-refractivity contribution in [2.45, 2.75) is 32.9 Å². The molecule has 1 unspecified atom stereocenters. The zero-order valence-corrected chi connectivity index (χ0v) is 12.2. The highest BCUT2D eigenvalue weighted by molar-refractivity contribution is 6.29. The fourth-order valence-electron chi connectivity index (χ4n) is 1.62. The van der Waals surface area contributed by atoms with Crippen molar-refractivity contribution in [3.63, 3.8) is 0 Å². The summed E-state index contributed by atoms with van der Waals surface area (Å²) >= 11 is 6.04. The summed E-state index contributed by atoms with van der Waals surface area (Å²) in [7, 11) is 1.62. The van der Waals surface area contributed by atoms with Crippen LogP contribution in [0.15, 0.2) is 18.5 Å². The number of ether oxygens (including phenoxy) is 1. The van der Waals surface area contributed by atoms with E-state index in [9.17, 15) is 0 Å². The molecule has 0 bridgehead atoms. The Balaban J connectivity index is 2.40. The van der Waals surface area contributed by atoms with Gasteiger partial charge in [-0.15, -0.1) is 0 Å². The molecular weight excluding hydrogens is 264 g/mol. The summed E-state index contributed by atoms with van der Waals surface area (Å²) in [6.45, 7) is 6.03. The Labute approximate surface area is 117 Å². The molecule has 19 heavy (non-hydrogen) atoms. The molecule has 6 heteroatoms. The van der Waals surface area contributed by atoms with Gasteiger partial charge < -0.3 is 4.74 Å². The lowest BCUT2D eigenvalue weighted by Crippen LogP contribution is -2.04. The minimum absolute atomic E-state index is 0.197. The zero-order chi connectivity index (χ0) is 14.0. The molecule has 0 amide bonds. The molecule has 0 saturated carbocycles. The summed E-state index contributed by atoms with van der Waals surface area (Å²) < 4.78 is 7.10. The molecular formula is C13H17ClN4O. The third-order valence-electron chi connectivity index (χ3n) is 2.86. The van der Waals surface area contributed by atoms with Crippen LogP contribution in [-0.4, -0.2) is 26.9 Å². The van der Waals surface area contributed by atoms with Crippen LogP contribution in [0.2, 0.25) is 5.15 Å². The van der Waals surface area contributed by atoms with Crippen LogP contribution < -0.4 is 0 Å². The van der Waals surface area contributed by atoms with Gasteiger partial charge in [-0.05, 0) is 20.8 Å². The van der Waals surface area contributed by atoms with E-state index in [0.717, 1.165) is 11.3 Å². The molecule has 102 valence electrons. The average molecular weight is 281 g/mol. The molecule has 1 atom stereocenters. The first-order valence-electron chi connectivity index (χ1n) is 6.13. The largest absolute Gasteiger partial charge is 0.374 e. The highest BCUT2D eigenvalue weighted by atomic mass is 35.5. The van der Waals surface area contributed by atoms with Crippen LogP contribution in [0.3, 0.4) is 0 Å². The van der Waals surface area contributed by atoms with Crippen molar-refractivity contribution in [2.75, 3.05) is 7.11 Å². The normalized spacial score (nSPS) is 12.9. The molecule has 0 N–H and O–H groups in total. The second-order valence-corrected chi connectivity index (χ2v) is 5.00. The quantitative estimate of drug-likeness (QED) is 0.807. The Morgan fingerprint density at radius 2 is 2.00 bits per heavy atom. The first kappa shape index (κ1) is 14.0. The fraction of sp³-hybridized carbons (Fsp3) is 0.462. The summed E-state index contributed by atoms with van der Waals surface area (Å²) in [6, 6.07) is 2.04. The Hall–Kier alpha value is -1.46. The van der Waals surface area contributed by atoms with Gasteiger partial charge in [-0.2, -0.15) is 5.10 Å². The number of methoxy groups -OCH3 is 1. The third kappa shape index (κ3) is 3.11. The first-order chi connectivity index (χ1) is 9.01. The smallest absolute Gasteiger partial charge is 0.159 e. The fourth-order valence-corrected chi connectivity index (χ4v) is 1.81. The van der Waals surface area contributed by atoms with E-state index in [2.05, 4.69) is 28.9 Å². The maximum atomic E-state index is 6.04. The number of nitrogens with zero attached hydrogens (tertiary/aromatic N) is 4. The number of aromatic nitrogens is 4. The van der Waals surface area contributed by atoms with Crippen LogP contribution in [0.25, 0.3) is 11.3 Å². The molecule has 5 nitrogen and oxygen atoms in total. The molecule has 0 aliphatic rings. The number of hydrogen-bond donors (Lipinski definition) is 0. The van der Waals surface area contributed by atoms with Crippen LogP contribution in [0, 0.1) is 0 Å². The van der Waals surface area contributed by atoms with E-state index in [4.69, 9.17) is 16.3 Å². The summed E-state index contributed by atoms with van der Waals surface area (Å²) in [5, 5.41) is 4.70. The summed E-state index contributed by atoms with van der Waals surface area (Å²) in [6.07, 6.45) is 3.53. The molecule has 0 fully saturated rings. The van der Waals surface area contributed by atoms with Crippen LogP contribution >= 0.6 is 11.6 Å². The van der Waals surface area contributed by atoms with Gasteiger partial charge in [0.2, 0.25) is 0 Å². The topological polar surface area (TPSA) is 52.8 Å². The van der Waals surface area contributed by atoms with E-state index < -0.39 is 0 Å². The lowest BCUT2D eigenvalue weighted by atomic mass is 10.2. The summed E-state index contributed by atoms with van der Waals surface area (Å²) in [4.78, 5) is 8.65. The predicted octanol–water partition coefficient (Wildman–Crippen LogP) is 3.28. The minimum Gasteiger partial charge on any atom is -0.374 e. The lowest BCUT2D eigenvalue weighted by Gasteiger charge is -2.09. The maximum Gasteiger partial charge on any atom is 0.159 e. The monoisotopic (exact) mass is 280 g/mol. The molecule has 2 heterocycles. The molecule has 0 saturated heterocycles. The van der Waals surface area contributed by atoms with Gasteiger partial charge in [-0.25, -0.2) is 9.97 Å². The predicted molar refractivity (Wildman–Crippen MR) is 74.1 cm³/mol. The highest BCUT2D eigenvalue weighted by Crippen LogP contribution is 2.23. The van der Waals surface area contributed by atoms with Gasteiger partial charge in [0.25, 0.3) is 0 Å². The maximum absolute atomic E-state index is 6.04. The van der Waals surface area contributed by atoms with Gasteiger partial charge in [-0.1, -0.05) is 11.6 Å². The highest BCUT2D eigenvalue weighted by Gasteiger charge is 2.13. The Bertz CT molecular complexity index is 568. The standard InChI is InChI=1S/C13H17ClN4O/c1-8(2)18-7-10(6-15-18)11-5-12(14)17-13(16-11)9(3)19-4/h5-9H,1-4H3.